The zero-order valence-corrected chi connectivity index (χ0v) is 10.3. The molecular weight excluding hydrogens is 258 g/mol. The predicted molar refractivity (Wildman–Crippen MR) is 65.3 cm³/mol. The van der Waals surface area contributed by atoms with Crippen LogP contribution in [-0.4, -0.2) is 15.1 Å². The van der Waals surface area contributed by atoms with Gasteiger partial charge in [0.2, 0.25) is 0 Å². The molecule has 0 saturated carbocycles. The van der Waals surface area contributed by atoms with Gasteiger partial charge in [0.25, 0.3) is 11.6 Å². The highest BCUT2D eigenvalue weighted by Gasteiger charge is 2.15. The van der Waals surface area contributed by atoms with Crippen LogP contribution in [0.1, 0.15) is 24.5 Å². The van der Waals surface area contributed by atoms with Crippen molar-refractivity contribution in [3.8, 4) is 11.5 Å². The Morgan fingerprint density at radius 2 is 2.11 bits per heavy atom. The second-order valence-electron chi connectivity index (χ2n) is 3.64. The number of hydrogen-bond acceptors (Lipinski definition) is 5. The lowest BCUT2D eigenvalue weighted by atomic mass is 10.2. The van der Waals surface area contributed by atoms with Gasteiger partial charge in [0.1, 0.15) is 0 Å². The Morgan fingerprint density at radius 3 is 2.67 bits per heavy atom. The molecular formula is C11H10ClN3O3. The minimum absolute atomic E-state index is 0.0160. The van der Waals surface area contributed by atoms with Crippen molar-refractivity contribution in [3.05, 3.63) is 40.2 Å². The molecule has 0 saturated heterocycles. The fourth-order valence-electron chi connectivity index (χ4n) is 1.39. The molecule has 0 fully saturated rings. The van der Waals surface area contributed by atoms with Gasteiger partial charge in [-0.3, -0.25) is 10.1 Å². The van der Waals surface area contributed by atoms with Crippen molar-refractivity contribution in [3.63, 3.8) is 0 Å². The van der Waals surface area contributed by atoms with E-state index in [4.69, 9.17) is 16.1 Å². The van der Waals surface area contributed by atoms with E-state index in [2.05, 4.69) is 10.1 Å². The maximum atomic E-state index is 10.5. The molecule has 0 aliphatic heterocycles. The number of nitrogens with zero attached hydrogens (tertiary/aromatic N) is 3. The summed E-state index contributed by atoms with van der Waals surface area (Å²) in [6.07, 6.45) is 0.695. The number of non-ortho nitro benzene ring substituents is 1. The van der Waals surface area contributed by atoms with E-state index in [0.717, 1.165) is 0 Å². The monoisotopic (exact) mass is 267 g/mol. The highest BCUT2D eigenvalue weighted by molar-refractivity contribution is 6.20. The zero-order chi connectivity index (χ0) is 13.1. The molecule has 2 rings (SSSR count). The Morgan fingerprint density at radius 1 is 1.44 bits per heavy atom. The lowest BCUT2D eigenvalue weighted by Crippen LogP contribution is -1.91. The fourth-order valence-corrected chi connectivity index (χ4v) is 1.48. The van der Waals surface area contributed by atoms with Gasteiger partial charge in [0.05, 0.1) is 10.3 Å². The van der Waals surface area contributed by atoms with Crippen molar-refractivity contribution in [2.45, 2.75) is 18.7 Å². The highest BCUT2D eigenvalue weighted by atomic mass is 35.5. The Hall–Kier alpha value is -1.95. The molecule has 1 aromatic carbocycles. The Labute approximate surface area is 108 Å². The van der Waals surface area contributed by atoms with Crippen LogP contribution in [0.25, 0.3) is 11.5 Å². The summed E-state index contributed by atoms with van der Waals surface area (Å²) in [6, 6.07) is 5.89. The van der Waals surface area contributed by atoms with Gasteiger partial charge in [-0.25, -0.2) is 0 Å². The van der Waals surface area contributed by atoms with Gasteiger partial charge < -0.3 is 4.52 Å². The van der Waals surface area contributed by atoms with Crippen LogP contribution in [-0.2, 0) is 0 Å². The molecule has 0 bridgehead atoms. The summed E-state index contributed by atoms with van der Waals surface area (Å²) < 4.78 is 5.06. The highest BCUT2D eigenvalue weighted by Crippen LogP contribution is 2.25. The first-order valence-corrected chi connectivity index (χ1v) is 5.78. The van der Waals surface area contributed by atoms with Crippen LogP contribution in [0.3, 0.4) is 0 Å². The summed E-state index contributed by atoms with van der Waals surface area (Å²) >= 11 is 5.98. The molecule has 94 valence electrons. The summed E-state index contributed by atoms with van der Waals surface area (Å²) in [5.41, 5.74) is 0.640. The second-order valence-corrected chi connectivity index (χ2v) is 4.16. The van der Waals surface area contributed by atoms with Gasteiger partial charge in [-0.1, -0.05) is 12.1 Å². The number of nitro groups is 1. The smallest absolute Gasteiger partial charge is 0.269 e. The number of halogens is 1. The first kappa shape index (κ1) is 12.5. The van der Waals surface area contributed by atoms with Gasteiger partial charge in [0, 0.05) is 17.7 Å². The van der Waals surface area contributed by atoms with Gasteiger partial charge in [-0.15, -0.1) is 11.6 Å². The predicted octanol–water partition coefficient (Wildman–Crippen LogP) is 3.33. The van der Waals surface area contributed by atoms with Crippen molar-refractivity contribution >= 4 is 17.3 Å². The number of hydrogen-bond donors (Lipinski definition) is 0. The lowest BCUT2D eigenvalue weighted by Gasteiger charge is -1.96. The minimum Gasteiger partial charge on any atom is -0.334 e. The molecule has 1 unspecified atom stereocenters. The molecule has 0 aliphatic carbocycles. The maximum Gasteiger partial charge on any atom is 0.269 e. The summed E-state index contributed by atoms with van der Waals surface area (Å²) in [5.74, 6) is 0.728. The Balaban J connectivity index is 2.26. The first-order valence-electron chi connectivity index (χ1n) is 5.34. The molecule has 7 heteroatoms. The molecule has 0 spiro atoms. The third kappa shape index (κ3) is 2.48. The third-order valence-corrected chi connectivity index (χ3v) is 2.91. The van der Waals surface area contributed by atoms with E-state index in [-0.39, 0.29) is 11.1 Å². The van der Waals surface area contributed by atoms with Gasteiger partial charge >= 0.3 is 0 Å². The van der Waals surface area contributed by atoms with E-state index in [1.807, 2.05) is 6.92 Å². The van der Waals surface area contributed by atoms with Crippen LogP contribution in [0.5, 0.6) is 0 Å². The minimum atomic E-state index is -0.463. The number of rotatable bonds is 4. The van der Waals surface area contributed by atoms with Crippen molar-refractivity contribution in [1.82, 2.24) is 10.1 Å². The molecule has 1 atom stereocenters. The van der Waals surface area contributed by atoms with E-state index in [1.54, 1.807) is 12.1 Å². The van der Waals surface area contributed by atoms with Crippen molar-refractivity contribution < 1.29 is 9.45 Å². The van der Waals surface area contributed by atoms with Crippen LogP contribution in [0, 0.1) is 10.1 Å². The topological polar surface area (TPSA) is 82.1 Å². The molecule has 0 aliphatic rings. The molecule has 1 aromatic heterocycles. The summed E-state index contributed by atoms with van der Waals surface area (Å²) in [6.45, 7) is 1.92. The van der Waals surface area contributed by atoms with Crippen molar-refractivity contribution in [2.24, 2.45) is 0 Å². The average molecular weight is 268 g/mol. The SMILES string of the molecule is CCC(Cl)c1noc(-c2ccc([N+](=O)[O-])cc2)n1. The number of alkyl halides is 1. The van der Waals surface area contributed by atoms with Crippen LogP contribution >= 0.6 is 11.6 Å². The second kappa shape index (κ2) is 5.14. The normalized spacial score (nSPS) is 12.3. The van der Waals surface area contributed by atoms with Gasteiger partial charge in [-0.05, 0) is 18.6 Å². The standard InChI is InChI=1S/C11H10ClN3O3/c1-2-9(12)10-13-11(18-14-10)7-3-5-8(6-4-7)15(16)17/h3-6,9H,2H2,1H3. The van der Waals surface area contributed by atoms with Gasteiger partial charge in [0.15, 0.2) is 5.82 Å². The summed E-state index contributed by atoms with van der Waals surface area (Å²) in [4.78, 5) is 14.2. The Bertz CT molecular complexity index is 553. The quantitative estimate of drug-likeness (QED) is 0.482. The van der Waals surface area contributed by atoms with E-state index in [9.17, 15) is 10.1 Å². The maximum absolute atomic E-state index is 10.5. The number of benzene rings is 1. The van der Waals surface area contributed by atoms with E-state index in [1.165, 1.54) is 12.1 Å². The third-order valence-electron chi connectivity index (χ3n) is 2.41. The molecule has 0 N–H and O–H groups in total. The first-order chi connectivity index (χ1) is 8.61. The molecule has 0 amide bonds. The molecule has 18 heavy (non-hydrogen) atoms. The van der Waals surface area contributed by atoms with Crippen molar-refractivity contribution in [1.29, 1.82) is 0 Å². The van der Waals surface area contributed by atoms with Crippen LogP contribution in [0.15, 0.2) is 28.8 Å². The van der Waals surface area contributed by atoms with E-state index in [0.29, 0.717) is 23.7 Å². The van der Waals surface area contributed by atoms with Gasteiger partial charge in [-0.2, -0.15) is 4.98 Å². The van der Waals surface area contributed by atoms with E-state index < -0.39 is 4.92 Å². The largest absolute Gasteiger partial charge is 0.334 e. The molecule has 1 heterocycles. The zero-order valence-electron chi connectivity index (χ0n) is 9.54. The fraction of sp³-hybridized carbons (Fsp3) is 0.273. The Kier molecular flexibility index (Phi) is 3.57. The number of nitro benzene ring substituents is 1. The number of aromatic nitrogens is 2. The molecule has 6 nitrogen and oxygen atoms in total. The summed E-state index contributed by atoms with van der Waals surface area (Å²) in [5, 5.41) is 14.0. The lowest BCUT2D eigenvalue weighted by molar-refractivity contribution is -0.384. The molecule has 0 radical (unpaired) electrons. The summed E-state index contributed by atoms with van der Waals surface area (Å²) in [7, 11) is 0. The molecule has 2 aromatic rings. The van der Waals surface area contributed by atoms with Crippen LogP contribution < -0.4 is 0 Å². The van der Waals surface area contributed by atoms with E-state index >= 15 is 0 Å². The average Bonchev–Trinajstić information content (AvgIpc) is 2.87. The van der Waals surface area contributed by atoms with Crippen LogP contribution in [0.2, 0.25) is 0 Å². The van der Waals surface area contributed by atoms with Crippen LogP contribution in [0.4, 0.5) is 5.69 Å². The van der Waals surface area contributed by atoms with Crippen molar-refractivity contribution in [2.75, 3.05) is 0 Å².